The smallest absolute Gasteiger partial charge is 0.170 e. The van der Waals surface area contributed by atoms with Gasteiger partial charge in [-0.1, -0.05) is 12.1 Å². The molecule has 0 fully saturated rings. The van der Waals surface area contributed by atoms with Crippen LogP contribution in [0.15, 0.2) is 24.3 Å². The first-order chi connectivity index (χ1) is 6.25. The minimum Gasteiger partial charge on any atom is -0.376 e. The molecule has 1 aromatic carbocycles. The van der Waals surface area contributed by atoms with Gasteiger partial charge >= 0.3 is 0 Å². The van der Waals surface area contributed by atoms with E-state index >= 15 is 0 Å². The maximum absolute atomic E-state index is 5.55. The average molecular weight is 194 g/mol. The summed E-state index contributed by atoms with van der Waals surface area (Å²) < 4.78 is 0. The van der Waals surface area contributed by atoms with Crippen LogP contribution in [0.1, 0.15) is 0 Å². The highest BCUT2D eigenvalue weighted by molar-refractivity contribution is 7.80. The van der Waals surface area contributed by atoms with Gasteiger partial charge in [0, 0.05) is 18.8 Å². The Kier molecular flexibility index (Phi) is 3.67. The molecule has 0 aliphatic heterocycles. The van der Waals surface area contributed by atoms with Crippen LogP contribution in [-0.2, 0) is 0 Å². The van der Waals surface area contributed by atoms with Crippen molar-refractivity contribution in [2.45, 2.75) is 0 Å². The highest BCUT2D eigenvalue weighted by atomic mass is 32.1. The van der Waals surface area contributed by atoms with E-state index < -0.39 is 0 Å². The molecule has 0 unspecified atom stereocenters. The zero-order valence-electron chi connectivity index (χ0n) is 7.23. The molecule has 1 radical (unpaired) electrons. The molecule has 4 N–H and O–H groups in total. The molecule has 0 amide bonds. The van der Waals surface area contributed by atoms with Crippen LogP contribution in [0.5, 0.6) is 0 Å². The number of nitrogens with two attached hydrogens (primary N) is 2. The molecule has 1 aromatic rings. The van der Waals surface area contributed by atoms with Gasteiger partial charge in [-0.3, -0.25) is 0 Å². The Morgan fingerprint density at radius 1 is 1.46 bits per heavy atom. The second kappa shape index (κ2) is 4.79. The molecule has 1 rings (SSSR count). The van der Waals surface area contributed by atoms with E-state index in [1.165, 1.54) is 0 Å². The van der Waals surface area contributed by atoms with E-state index in [4.69, 9.17) is 23.7 Å². The largest absolute Gasteiger partial charge is 0.376 e. The fourth-order valence-electron chi connectivity index (χ4n) is 1.05. The Hall–Kier alpha value is -1.13. The third-order valence-electron chi connectivity index (χ3n) is 1.63. The van der Waals surface area contributed by atoms with E-state index in [-0.39, 0.29) is 0 Å². The van der Waals surface area contributed by atoms with Gasteiger partial charge in [-0.15, -0.1) is 0 Å². The van der Waals surface area contributed by atoms with E-state index in [2.05, 4.69) is 6.07 Å². The Morgan fingerprint density at radius 2 is 2.08 bits per heavy atom. The maximum Gasteiger partial charge on any atom is 0.170 e. The first-order valence-corrected chi connectivity index (χ1v) is 4.39. The fraction of sp³-hybridized carbons (Fsp3) is 0.222. The van der Waals surface area contributed by atoms with E-state index in [0.717, 1.165) is 5.69 Å². The number of nitrogens with zero attached hydrogens (tertiary/aromatic N) is 1. The second-order valence-electron chi connectivity index (χ2n) is 2.54. The van der Waals surface area contributed by atoms with E-state index in [1.807, 2.05) is 24.3 Å². The number of hydrogen-bond acceptors (Lipinski definition) is 2. The van der Waals surface area contributed by atoms with Crippen molar-refractivity contribution < 1.29 is 0 Å². The van der Waals surface area contributed by atoms with E-state index in [9.17, 15) is 0 Å². The van der Waals surface area contributed by atoms with E-state index in [1.54, 1.807) is 4.90 Å². The summed E-state index contributed by atoms with van der Waals surface area (Å²) in [4.78, 5) is 1.79. The molecule has 4 heteroatoms. The third kappa shape index (κ3) is 2.68. The van der Waals surface area contributed by atoms with Crippen LogP contribution in [0.3, 0.4) is 0 Å². The summed E-state index contributed by atoms with van der Waals surface area (Å²) in [6, 6.07) is 10.4. The highest BCUT2D eigenvalue weighted by Gasteiger charge is 2.06. The summed E-state index contributed by atoms with van der Waals surface area (Å²) >= 11 is 4.90. The number of benzene rings is 1. The number of anilines is 1. The summed E-state index contributed by atoms with van der Waals surface area (Å²) in [6.45, 7) is 1.16. The molecule has 0 saturated heterocycles. The van der Waals surface area contributed by atoms with Crippen molar-refractivity contribution in [2.75, 3.05) is 18.0 Å². The summed E-state index contributed by atoms with van der Waals surface area (Å²) in [5, 5.41) is 0.344. The van der Waals surface area contributed by atoms with Crippen molar-refractivity contribution >= 4 is 23.0 Å². The molecule has 0 aliphatic carbocycles. The molecule has 0 heterocycles. The van der Waals surface area contributed by atoms with Crippen molar-refractivity contribution in [2.24, 2.45) is 11.5 Å². The average Bonchev–Trinajstić information content (AvgIpc) is 2.15. The van der Waals surface area contributed by atoms with Crippen LogP contribution in [0, 0.1) is 6.07 Å². The van der Waals surface area contributed by atoms with Crippen molar-refractivity contribution in [1.29, 1.82) is 0 Å². The molecule has 0 aliphatic rings. The summed E-state index contributed by atoms with van der Waals surface area (Å²) in [5.74, 6) is 0. The van der Waals surface area contributed by atoms with Crippen LogP contribution in [0.2, 0.25) is 0 Å². The van der Waals surface area contributed by atoms with Gasteiger partial charge < -0.3 is 16.4 Å². The lowest BCUT2D eigenvalue weighted by Crippen LogP contribution is -2.39. The molecule has 0 saturated carbocycles. The molecule has 13 heavy (non-hydrogen) atoms. The molecular formula is C9H12N3S. The fourth-order valence-corrected chi connectivity index (χ4v) is 1.25. The van der Waals surface area contributed by atoms with Crippen LogP contribution < -0.4 is 16.4 Å². The zero-order chi connectivity index (χ0) is 9.68. The Morgan fingerprint density at radius 3 is 2.54 bits per heavy atom. The van der Waals surface area contributed by atoms with Crippen molar-refractivity contribution in [1.82, 2.24) is 0 Å². The molecule has 0 spiro atoms. The van der Waals surface area contributed by atoms with Crippen LogP contribution in [-0.4, -0.2) is 18.2 Å². The quantitative estimate of drug-likeness (QED) is 0.688. The van der Waals surface area contributed by atoms with Gasteiger partial charge in [-0.05, 0) is 30.4 Å². The zero-order valence-corrected chi connectivity index (χ0v) is 8.05. The summed E-state index contributed by atoms with van der Waals surface area (Å²) in [6.07, 6.45) is 0. The summed E-state index contributed by atoms with van der Waals surface area (Å²) in [5.41, 5.74) is 11.9. The van der Waals surface area contributed by atoms with Crippen LogP contribution in [0.4, 0.5) is 5.69 Å². The SMILES string of the molecule is NCCN(C(N)=S)c1cc[c]cc1. The molecule has 0 aromatic heterocycles. The van der Waals surface area contributed by atoms with Gasteiger partial charge in [0.2, 0.25) is 0 Å². The molecule has 69 valence electrons. The first kappa shape index (κ1) is 9.95. The summed E-state index contributed by atoms with van der Waals surface area (Å²) in [7, 11) is 0. The monoisotopic (exact) mass is 194 g/mol. The number of hydrogen-bond donors (Lipinski definition) is 2. The minimum atomic E-state index is 0.344. The normalized spacial score (nSPS) is 9.62. The standard InChI is InChI=1S/C9H12N3S/c10-6-7-12(9(11)13)8-4-2-1-3-5-8/h2-5H,6-7,10H2,(H2,11,13). The van der Waals surface area contributed by atoms with Gasteiger partial charge in [0.25, 0.3) is 0 Å². The van der Waals surface area contributed by atoms with Gasteiger partial charge in [0.15, 0.2) is 5.11 Å². The molecule has 3 nitrogen and oxygen atoms in total. The molecular weight excluding hydrogens is 182 g/mol. The van der Waals surface area contributed by atoms with Crippen molar-refractivity contribution in [3.8, 4) is 0 Å². The lowest BCUT2D eigenvalue weighted by atomic mass is 10.3. The lowest BCUT2D eigenvalue weighted by molar-refractivity contribution is 0.943. The lowest BCUT2D eigenvalue weighted by Gasteiger charge is -2.21. The van der Waals surface area contributed by atoms with Gasteiger partial charge in [0.05, 0.1) is 0 Å². The Labute approximate surface area is 83.3 Å². The predicted molar refractivity (Wildman–Crippen MR) is 58.5 cm³/mol. The van der Waals surface area contributed by atoms with Gasteiger partial charge in [-0.2, -0.15) is 0 Å². The highest BCUT2D eigenvalue weighted by Crippen LogP contribution is 2.11. The second-order valence-corrected chi connectivity index (χ2v) is 2.96. The Balaban J connectivity index is 2.82. The minimum absolute atomic E-state index is 0.344. The first-order valence-electron chi connectivity index (χ1n) is 3.99. The number of thiocarbonyl (C=S) groups is 1. The maximum atomic E-state index is 5.55. The Bertz CT molecular complexity index is 273. The third-order valence-corrected chi connectivity index (χ3v) is 1.85. The van der Waals surface area contributed by atoms with Crippen molar-refractivity contribution in [3.63, 3.8) is 0 Å². The molecule has 0 bridgehead atoms. The number of rotatable bonds is 3. The van der Waals surface area contributed by atoms with Gasteiger partial charge in [0.1, 0.15) is 0 Å². The van der Waals surface area contributed by atoms with E-state index in [0.29, 0.717) is 18.2 Å². The van der Waals surface area contributed by atoms with Crippen LogP contribution >= 0.6 is 12.2 Å². The van der Waals surface area contributed by atoms with Crippen LogP contribution in [0.25, 0.3) is 0 Å². The molecule has 0 atom stereocenters. The topological polar surface area (TPSA) is 55.3 Å². The van der Waals surface area contributed by atoms with Gasteiger partial charge in [-0.25, -0.2) is 0 Å². The van der Waals surface area contributed by atoms with Crippen molar-refractivity contribution in [3.05, 3.63) is 30.3 Å². The predicted octanol–water partition coefficient (Wildman–Crippen LogP) is 0.495.